The first-order valence-electron chi connectivity index (χ1n) is 12.2. The lowest BCUT2D eigenvalue weighted by Crippen LogP contribution is -2.50. The number of aromatic nitrogens is 2. The van der Waals surface area contributed by atoms with Crippen LogP contribution in [-0.4, -0.2) is 58.5 Å². The molecule has 3 aliphatic rings. The van der Waals surface area contributed by atoms with Crippen LogP contribution in [0, 0.1) is 13.8 Å². The van der Waals surface area contributed by atoms with Gasteiger partial charge in [0.1, 0.15) is 12.1 Å². The van der Waals surface area contributed by atoms with E-state index in [4.69, 9.17) is 9.97 Å². The molecule has 1 aromatic heterocycles. The molecule has 1 aliphatic carbocycles. The Kier molecular flexibility index (Phi) is 5.98. The monoisotopic (exact) mass is 419 g/mol. The van der Waals surface area contributed by atoms with Crippen LogP contribution in [0.2, 0.25) is 0 Å². The second-order valence-corrected chi connectivity index (χ2v) is 9.82. The topological polar surface area (TPSA) is 35.5 Å². The maximum absolute atomic E-state index is 4.77. The first kappa shape index (κ1) is 20.9. The van der Waals surface area contributed by atoms with Gasteiger partial charge in [-0.2, -0.15) is 0 Å². The largest absolute Gasteiger partial charge is 0.354 e. The molecule has 0 bridgehead atoms. The van der Waals surface area contributed by atoms with Gasteiger partial charge < -0.3 is 4.90 Å². The van der Waals surface area contributed by atoms with Gasteiger partial charge in [-0.3, -0.25) is 9.80 Å². The fraction of sp³-hybridized carbons (Fsp3) is 0.615. The van der Waals surface area contributed by atoms with E-state index in [1.807, 2.05) is 0 Å². The van der Waals surface area contributed by atoms with Crippen molar-refractivity contribution in [1.82, 2.24) is 19.8 Å². The highest BCUT2D eigenvalue weighted by molar-refractivity contribution is 5.50. The predicted octanol–water partition coefficient (Wildman–Crippen LogP) is 4.28. The minimum absolute atomic E-state index is 0.404. The number of aryl methyl sites for hydroxylation is 2. The average Bonchev–Trinajstić information content (AvgIpc) is 3.35. The van der Waals surface area contributed by atoms with Crippen LogP contribution < -0.4 is 4.90 Å². The highest BCUT2D eigenvalue weighted by Crippen LogP contribution is 2.32. The molecule has 1 unspecified atom stereocenters. The third kappa shape index (κ3) is 4.22. The van der Waals surface area contributed by atoms with Crippen molar-refractivity contribution < 1.29 is 0 Å². The smallest absolute Gasteiger partial charge is 0.135 e. The van der Waals surface area contributed by atoms with Gasteiger partial charge in [-0.15, -0.1) is 0 Å². The molecule has 5 heteroatoms. The molecule has 0 radical (unpaired) electrons. The van der Waals surface area contributed by atoms with E-state index in [2.05, 4.69) is 53.7 Å². The van der Waals surface area contributed by atoms with Gasteiger partial charge in [0, 0.05) is 56.9 Å². The number of benzene rings is 1. The lowest BCUT2D eigenvalue weighted by atomic mass is 9.98. The standard InChI is InChI=1S/C26H37N5/c1-19-8-9-22(16-20(19)2)21(3)31-11-10-24-25(17-31)27-18-28-26(24)30-14-12-29(13-15-30)23-6-4-5-7-23/h8-9,16,18,21,23H,4-7,10-15,17H2,1-3H3. The number of piperazine rings is 1. The Morgan fingerprint density at radius 3 is 2.45 bits per heavy atom. The Bertz CT molecular complexity index is 912. The van der Waals surface area contributed by atoms with E-state index in [0.29, 0.717) is 6.04 Å². The first-order chi connectivity index (χ1) is 15.1. The molecule has 3 heterocycles. The fourth-order valence-corrected chi connectivity index (χ4v) is 5.76. The van der Waals surface area contributed by atoms with Gasteiger partial charge in [0.05, 0.1) is 5.69 Å². The molecule has 0 spiro atoms. The summed E-state index contributed by atoms with van der Waals surface area (Å²) in [4.78, 5) is 17.3. The summed E-state index contributed by atoms with van der Waals surface area (Å²) in [7, 11) is 0. The van der Waals surface area contributed by atoms with Crippen LogP contribution in [0.15, 0.2) is 24.5 Å². The van der Waals surface area contributed by atoms with Crippen molar-refractivity contribution >= 4 is 5.82 Å². The molecule has 1 aromatic carbocycles. The van der Waals surface area contributed by atoms with E-state index in [-0.39, 0.29) is 0 Å². The van der Waals surface area contributed by atoms with E-state index < -0.39 is 0 Å². The molecule has 5 nitrogen and oxygen atoms in total. The fourth-order valence-electron chi connectivity index (χ4n) is 5.76. The second kappa shape index (κ2) is 8.87. The summed E-state index contributed by atoms with van der Waals surface area (Å²) in [6.45, 7) is 13.3. The van der Waals surface area contributed by atoms with Gasteiger partial charge in [-0.1, -0.05) is 31.0 Å². The van der Waals surface area contributed by atoms with Crippen LogP contribution in [0.4, 0.5) is 5.82 Å². The van der Waals surface area contributed by atoms with Crippen molar-refractivity contribution in [2.45, 2.75) is 71.5 Å². The number of hydrogen-bond acceptors (Lipinski definition) is 5. The van der Waals surface area contributed by atoms with Gasteiger partial charge in [-0.25, -0.2) is 9.97 Å². The third-order valence-corrected chi connectivity index (χ3v) is 8.03. The molecular weight excluding hydrogens is 382 g/mol. The molecule has 0 N–H and O–H groups in total. The highest BCUT2D eigenvalue weighted by Gasteiger charge is 2.30. The van der Waals surface area contributed by atoms with Crippen LogP contribution in [0.1, 0.15) is 66.6 Å². The number of rotatable bonds is 4. The zero-order valence-corrected chi connectivity index (χ0v) is 19.5. The van der Waals surface area contributed by atoms with Gasteiger partial charge in [0.25, 0.3) is 0 Å². The number of fused-ring (bicyclic) bond motifs is 1. The molecule has 1 saturated heterocycles. The van der Waals surface area contributed by atoms with Gasteiger partial charge in [0.2, 0.25) is 0 Å². The molecule has 1 saturated carbocycles. The Hall–Kier alpha value is -1.98. The van der Waals surface area contributed by atoms with E-state index in [1.54, 1.807) is 6.33 Å². The summed E-state index contributed by atoms with van der Waals surface area (Å²) in [5.74, 6) is 1.20. The average molecular weight is 420 g/mol. The predicted molar refractivity (Wildman–Crippen MR) is 127 cm³/mol. The lowest BCUT2D eigenvalue weighted by molar-refractivity contribution is 0.184. The van der Waals surface area contributed by atoms with E-state index in [1.165, 1.54) is 72.5 Å². The summed E-state index contributed by atoms with van der Waals surface area (Å²) >= 11 is 0. The summed E-state index contributed by atoms with van der Waals surface area (Å²) in [6, 6.07) is 8.13. The molecule has 31 heavy (non-hydrogen) atoms. The van der Waals surface area contributed by atoms with Crippen molar-refractivity contribution in [1.29, 1.82) is 0 Å². The molecule has 2 aliphatic heterocycles. The summed E-state index contributed by atoms with van der Waals surface area (Å²) < 4.78 is 0. The minimum atomic E-state index is 0.404. The molecule has 166 valence electrons. The van der Waals surface area contributed by atoms with Crippen molar-refractivity contribution in [3.05, 3.63) is 52.5 Å². The maximum atomic E-state index is 4.77. The zero-order chi connectivity index (χ0) is 21.4. The lowest BCUT2D eigenvalue weighted by Gasteiger charge is -2.40. The normalized spacial score (nSPS) is 22.0. The minimum Gasteiger partial charge on any atom is -0.354 e. The molecule has 2 aromatic rings. The van der Waals surface area contributed by atoms with Crippen molar-refractivity contribution in [2.75, 3.05) is 37.6 Å². The van der Waals surface area contributed by atoms with Crippen molar-refractivity contribution in [3.63, 3.8) is 0 Å². The van der Waals surface area contributed by atoms with Crippen LogP contribution in [0.3, 0.4) is 0 Å². The van der Waals surface area contributed by atoms with E-state index in [9.17, 15) is 0 Å². The van der Waals surface area contributed by atoms with Crippen molar-refractivity contribution in [3.8, 4) is 0 Å². The van der Waals surface area contributed by atoms with Gasteiger partial charge >= 0.3 is 0 Å². The van der Waals surface area contributed by atoms with Crippen LogP contribution >= 0.6 is 0 Å². The Balaban J connectivity index is 1.28. The van der Waals surface area contributed by atoms with Crippen LogP contribution in [-0.2, 0) is 13.0 Å². The van der Waals surface area contributed by atoms with Crippen LogP contribution in [0.5, 0.6) is 0 Å². The Labute approximate surface area is 187 Å². The van der Waals surface area contributed by atoms with Gasteiger partial charge in [0.15, 0.2) is 0 Å². The summed E-state index contributed by atoms with van der Waals surface area (Å²) in [6.07, 6.45) is 8.48. The molecule has 0 amide bonds. The Morgan fingerprint density at radius 2 is 1.71 bits per heavy atom. The summed E-state index contributed by atoms with van der Waals surface area (Å²) in [5, 5.41) is 0. The number of hydrogen-bond donors (Lipinski definition) is 0. The maximum Gasteiger partial charge on any atom is 0.135 e. The number of nitrogens with zero attached hydrogens (tertiary/aromatic N) is 5. The molecule has 2 fully saturated rings. The first-order valence-corrected chi connectivity index (χ1v) is 12.2. The quantitative estimate of drug-likeness (QED) is 0.739. The van der Waals surface area contributed by atoms with E-state index in [0.717, 1.165) is 38.6 Å². The van der Waals surface area contributed by atoms with Crippen molar-refractivity contribution in [2.24, 2.45) is 0 Å². The summed E-state index contributed by atoms with van der Waals surface area (Å²) in [5.41, 5.74) is 6.77. The Morgan fingerprint density at radius 1 is 0.935 bits per heavy atom. The zero-order valence-electron chi connectivity index (χ0n) is 19.5. The second-order valence-electron chi connectivity index (χ2n) is 9.82. The number of anilines is 1. The molecule has 5 rings (SSSR count). The van der Waals surface area contributed by atoms with Crippen LogP contribution in [0.25, 0.3) is 0 Å². The van der Waals surface area contributed by atoms with Gasteiger partial charge in [-0.05, 0) is 56.7 Å². The van der Waals surface area contributed by atoms with E-state index >= 15 is 0 Å². The highest BCUT2D eigenvalue weighted by atomic mass is 15.3. The molecule has 1 atom stereocenters. The molecular formula is C26H37N5. The SMILES string of the molecule is Cc1ccc(C(C)N2CCc3c(ncnc3N3CCN(C4CCCC4)CC3)C2)cc1C. The third-order valence-electron chi connectivity index (χ3n) is 8.03.